The summed E-state index contributed by atoms with van der Waals surface area (Å²) in [7, 11) is 0. The molecule has 0 radical (unpaired) electrons. The third kappa shape index (κ3) is 4.22. The molecule has 2 amide bonds. The number of anilines is 1. The van der Waals surface area contributed by atoms with E-state index in [1.54, 1.807) is 0 Å². The Morgan fingerprint density at radius 2 is 2.12 bits per heavy atom. The van der Waals surface area contributed by atoms with Crippen molar-refractivity contribution in [3.05, 3.63) is 36.4 Å². The van der Waals surface area contributed by atoms with Crippen LogP contribution in [0.15, 0.2) is 36.4 Å². The first kappa shape index (κ1) is 16.2. The minimum atomic E-state index is -0.107. The van der Waals surface area contributed by atoms with Gasteiger partial charge in [0.15, 0.2) is 0 Å². The van der Waals surface area contributed by atoms with Gasteiger partial charge in [-0.05, 0) is 37.8 Å². The van der Waals surface area contributed by atoms with E-state index in [9.17, 15) is 9.59 Å². The van der Waals surface area contributed by atoms with Crippen LogP contribution >= 0.6 is 0 Å². The van der Waals surface area contributed by atoms with Crippen molar-refractivity contribution in [1.82, 2.24) is 15.3 Å². The summed E-state index contributed by atoms with van der Waals surface area (Å²) in [5.41, 5.74) is 1.71. The van der Waals surface area contributed by atoms with Crippen LogP contribution in [0.2, 0.25) is 0 Å². The number of nitrogens with one attached hydrogen (secondary N) is 3. The number of carbonyl (C=O) groups excluding carboxylic acids is 2. The normalized spacial score (nSPS) is 16.9. The lowest BCUT2D eigenvalue weighted by atomic mass is 9.94. The standard InChI is InChI=1S/C18H22N4O2/c23-16(22-18-20-14-9-4-5-10-15(14)21-18)11-6-12-19-17(24)13-7-2-1-3-8-13/h1-2,4-5,9-10,13H,3,6-8,11-12H2,(H,19,24)(H2,20,21,22,23)/t13-/m0/s1. The van der Waals surface area contributed by atoms with E-state index in [-0.39, 0.29) is 17.7 Å². The van der Waals surface area contributed by atoms with Crippen LogP contribution in [0.4, 0.5) is 5.95 Å². The van der Waals surface area contributed by atoms with Gasteiger partial charge in [-0.3, -0.25) is 14.9 Å². The summed E-state index contributed by atoms with van der Waals surface area (Å²) in [6, 6.07) is 7.61. The maximum absolute atomic E-state index is 12.0. The van der Waals surface area contributed by atoms with Gasteiger partial charge in [-0.1, -0.05) is 24.3 Å². The molecule has 1 aromatic heterocycles. The number of hydrogen-bond acceptors (Lipinski definition) is 3. The highest BCUT2D eigenvalue weighted by Gasteiger charge is 2.17. The summed E-state index contributed by atoms with van der Waals surface area (Å²) in [5.74, 6) is 0.527. The lowest BCUT2D eigenvalue weighted by Crippen LogP contribution is -2.32. The number of imidazole rings is 1. The van der Waals surface area contributed by atoms with Gasteiger partial charge in [0.1, 0.15) is 0 Å². The number of amides is 2. The highest BCUT2D eigenvalue weighted by molar-refractivity contribution is 5.91. The van der Waals surface area contributed by atoms with Crippen molar-refractivity contribution in [2.24, 2.45) is 5.92 Å². The maximum Gasteiger partial charge on any atom is 0.226 e. The highest BCUT2D eigenvalue weighted by atomic mass is 16.2. The second-order valence-electron chi connectivity index (χ2n) is 6.03. The molecule has 0 aliphatic heterocycles. The molecule has 1 aliphatic rings. The average molecular weight is 326 g/mol. The van der Waals surface area contributed by atoms with Crippen molar-refractivity contribution in [3.8, 4) is 0 Å². The fraction of sp³-hybridized carbons (Fsp3) is 0.389. The molecular weight excluding hydrogens is 304 g/mol. The number of allylic oxidation sites excluding steroid dienone is 2. The van der Waals surface area contributed by atoms with Gasteiger partial charge in [-0.25, -0.2) is 4.98 Å². The van der Waals surface area contributed by atoms with Gasteiger partial charge in [0.05, 0.1) is 11.0 Å². The predicted octanol–water partition coefficient (Wildman–Crippen LogP) is 2.75. The number of aromatic amines is 1. The molecule has 0 saturated carbocycles. The lowest BCUT2D eigenvalue weighted by Gasteiger charge is -2.17. The summed E-state index contributed by atoms with van der Waals surface area (Å²) < 4.78 is 0. The summed E-state index contributed by atoms with van der Waals surface area (Å²) in [4.78, 5) is 31.3. The monoisotopic (exact) mass is 326 g/mol. The minimum absolute atomic E-state index is 0.0828. The van der Waals surface area contributed by atoms with Crippen molar-refractivity contribution in [2.45, 2.75) is 32.1 Å². The van der Waals surface area contributed by atoms with E-state index < -0.39 is 0 Å². The first-order valence-corrected chi connectivity index (χ1v) is 8.39. The SMILES string of the molecule is O=C(CCCNC(=O)[C@H]1CC=CCC1)Nc1nc2ccccc2[nH]1. The Morgan fingerprint density at radius 3 is 2.92 bits per heavy atom. The van der Waals surface area contributed by atoms with Crippen LogP contribution < -0.4 is 10.6 Å². The van der Waals surface area contributed by atoms with Crippen molar-refractivity contribution in [2.75, 3.05) is 11.9 Å². The molecule has 0 spiro atoms. The molecule has 2 aromatic rings. The Labute approximate surface area is 140 Å². The lowest BCUT2D eigenvalue weighted by molar-refractivity contribution is -0.125. The summed E-state index contributed by atoms with van der Waals surface area (Å²) in [5, 5.41) is 5.67. The van der Waals surface area contributed by atoms with Crippen LogP contribution in [0.1, 0.15) is 32.1 Å². The van der Waals surface area contributed by atoms with Gasteiger partial charge >= 0.3 is 0 Å². The number of benzene rings is 1. The molecule has 3 N–H and O–H groups in total. The summed E-state index contributed by atoms with van der Waals surface area (Å²) in [6.45, 7) is 0.520. The second-order valence-corrected chi connectivity index (χ2v) is 6.03. The maximum atomic E-state index is 12.0. The number of rotatable bonds is 6. The molecule has 0 saturated heterocycles. The van der Waals surface area contributed by atoms with Crippen LogP contribution in [0, 0.1) is 5.92 Å². The first-order chi connectivity index (χ1) is 11.7. The zero-order valence-electron chi connectivity index (χ0n) is 13.5. The molecule has 1 aromatic carbocycles. The first-order valence-electron chi connectivity index (χ1n) is 8.39. The molecule has 24 heavy (non-hydrogen) atoms. The fourth-order valence-electron chi connectivity index (χ4n) is 2.84. The van der Waals surface area contributed by atoms with Gasteiger partial charge in [-0.15, -0.1) is 0 Å². The van der Waals surface area contributed by atoms with Crippen molar-refractivity contribution in [1.29, 1.82) is 0 Å². The summed E-state index contributed by atoms with van der Waals surface area (Å²) in [6.07, 6.45) is 7.84. The zero-order chi connectivity index (χ0) is 16.8. The largest absolute Gasteiger partial charge is 0.356 e. The number of hydrogen-bond donors (Lipinski definition) is 3. The molecular formula is C18H22N4O2. The number of aromatic nitrogens is 2. The topological polar surface area (TPSA) is 86.9 Å². The van der Waals surface area contributed by atoms with E-state index in [1.807, 2.05) is 24.3 Å². The smallest absolute Gasteiger partial charge is 0.226 e. The Kier molecular flexibility index (Phi) is 5.25. The number of H-pyrrole nitrogens is 1. The van der Waals surface area contributed by atoms with Crippen molar-refractivity contribution in [3.63, 3.8) is 0 Å². The van der Waals surface area contributed by atoms with Crippen LogP contribution in [0.5, 0.6) is 0 Å². The predicted molar refractivity (Wildman–Crippen MR) is 93.4 cm³/mol. The fourth-order valence-corrected chi connectivity index (χ4v) is 2.84. The quantitative estimate of drug-likeness (QED) is 0.563. The zero-order valence-corrected chi connectivity index (χ0v) is 13.5. The number of nitrogens with zero attached hydrogens (tertiary/aromatic N) is 1. The summed E-state index contributed by atoms with van der Waals surface area (Å²) >= 11 is 0. The Bertz CT molecular complexity index is 717. The molecule has 0 fully saturated rings. The number of para-hydroxylation sites is 2. The van der Waals surface area contributed by atoms with Gasteiger partial charge in [0.2, 0.25) is 17.8 Å². The van der Waals surface area contributed by atoms with Crippen LogP contribution in [0.25, 0.3) is 11.0 Å². The van der Waals surface area contributed by atoms with Gasteiger partial charge < -0.3 is 10.3 Å². The minimum Gasteiger partial charge on any atom is -0.356 e. The molecule has 1 aliphatic carbocycles. The molecule has 0 unspecified atom stereocenters. The van der Waals surface area contributed by atoms with E-state index >= 15 is 0 Å². The Balaban J connectivity index is 1.38. The van der Waals surface area contributed by atoms with E-state index in [0.29, 0.717) is 25.3 Å². The molecule has 3 rings (SSSR count). The van der Waals surface area contributed by atoms with Crippen molar-refractivity contribution < 1.29 is 9.59 Å². The van der Waals surface area contributed by atoms with E-state index in [0.717, 1.165) is 30.3 Å². The molecule has 1 atom stereocenters. The third-order valence-electron chi connectivity index (χ3n) is 4.17. The third-order valence-corrected chi connectivity index (χ3v) is 4.17. The van der Waals surface area contributed by atoms with Gasteiger partial charge in [-0.2, -0.15) is 0 Å². The van der Waals surface area contributed by atoms with Crippen molar-refractivity contribution >= 4 is 28.8 Å². The molecule has 6 nitrogen and oxygen atoms in total. The van der Waals surface area contributed by atoms with Crippen LogP contribution in [-0.4, -0.2) is 28.3 Å². The number of carbonyl (C=O) groups is 2. The Morgan fingerprint density at radius 1 is 1.25 bits per heavy atom. The molecule has 6 heteroatoms. The van der Waals surface area contributed by atoms with E-state index in [4.69, 9.17) is 0 Å². The highest BCUT2D eigenvalue weighted by Crippen LogP contribution is 2.18. The van der Waals surface area contributed by atoms with E-state index in [2.05, 4.69) is 32.8 Å². The molecule has 1 heterocycles. The average Bonchev–Trinajstić information content (AvgIpc) is 3.01. The van der Waals surface area contributed by atoms with Gasteiger partial charge in [0, 0.05) is 18.9 Å². The van der Waals surface area contributed by atoms with Crippen LogP contribution in [0.3, 0.4) is 0 Å². The van der Waals surface area contributed by atoms with Crippen LogP contribution in [-0.2, 0) is 9.59 Å². The molecule has 126 valence electrons. The Hall–Kier alpha value is -2.63. The number of fused-ring (bicyclic) bond motifs is 1. The van der Waals surface area contributed by atoms with Gasteiger partial charge in [0.25, 0.3) is 0 Å². The second kappa shape index (κ2) is 7.77. The van der Waals surface area contributed by atoms with E-state index in [1.165, 1.54) is 0 Å². The molecule has 0 bridgehead atoms.